The first kappa shape index (κ1) is 12.0. The maximum absolute atomic E-state index is 12.0. The Morgan fingerprint density at radius 3 is 2.88 bits per heavy atom. The van der Waals surface area contributed by atoms with Crippen molar-refractivity contribution >= 4 is 11.6 Å². The van der Waals surface area contributed by atoms with E-state index in [1.165, 1.54) is 12.8 Å². The molecule has 1 heterocycles. The first-order valence-electron chi connectivity index (χ1n) is 6.36. The number of aromatic nitrogens is 2. The zero-order valence-electron chi connectivity index (χ0n) is 10.3. The summed E-state index contributed by atoms with van der Waals surface area (Å²) in [6.07, 6.45) is 6.34. The fourth-order valence-electron chi connectivity index (χ4n) is 2.32. The number of nitrogens with one attached hydrogen (secondary N) is 2. The Labute approximate surface area is 101 Å². The second-order valence-electron chi connectivity index (χ2n) is 4.67. The molecule has 0 bridgehead atoms. The molecule has 0 spiro atoms. The van der Waals surface area contributed by atoms with Crippen molar-refractivity contribution in [2.75, 3.05) is 5.73 Å². The van der Waals surface area contributed by atoms with Gasteiger partial charge >= 0.3 is 0 Å². The average molecular weight is 236 g/mol. The van der Waals surface area contributed by atoms with Gasteiger partial charge < -0.3 is 11.1 Å². The number of aryl methyl sites for hydroxylation is 1. The number of aromatic amines is 1. The molecule has 5 nitrogen and oxygen atoms in total. The third-order valence-corrected chi connectivity index (χ3v) is 3.29. The van der Waals surface area contributed by atoms with Gasteiger partial charge in [0, 0.05) is 6.04 Å². The standard InChI is InChI=1S/C12H20N4O/c1-2-5-9-10(13)11(16-15-9)12(17)14-8-6-3-4-7-8/h8H,2-7,13H2,1H3,(H,14,17)(H,15,16). The van der Waals surface area contributed by atoms with Crippen LogP contribution in [0.25, 0.3) is 0 Å². The summed E-state index contributed by atoms with van der Waals surface area (Å²) in [7, 11) is 0. The molecular formula is C12H20N4O. The number of nitrogen functional groups attached to an aromatic ring is 1. The summed E-state index contributed by atoms with van der Waals surface area (Å²) >= 11 is 0. The molecule has 1 aromatic rings. The molecule has 0 aromatic carbocycles. The number of anilines is 1. The van der Waals surface area contributed by atoms with E-state index in [1.54, 1.807) is 0 Å². The second kappa shape index (κ2) is 5.21. The number of nitrogens with two attached hydrogens (primary N) is 1. The van der Waals surface area contributed by atoms with Crippen LogP contribution in [0.3, 0.4) is 0 Å². The van der Waals surface area contributed by atoms with E-state index in [-0.39, 0.29) is 5.91 Å². The summed E-state index contributed by atoms with van der Waals surface area (Å²) < 4.78 is 0. The lowest BCUT2D eigenvalue weighted by atomic mass is 10.2. The van der Waals surface area contributed by atoms with Gasteiger partial charge in [0.25, 0.3) is 5.91 Å². The van der Waals surface area contributed by atoms with Crippen LogP contribution in [0.15, 0.2) is 0 Å². The number of amides is 1. The summed E-state index contributed by atoms with van der Waals surface area (Å²) in [4.78, 5) is 12.0. The molecule has 4 N–H and O–H groups in total. The molecule has 94 valence electrons. The molecule has 2 rings (SSSR count). The van der Waals surface area contributed by atoms with Crippen LogP contribution >= 0.6 is 0 Å². The van der Waals surface area contributed by atoms with E-state index in [2.05, 4.69) is 22.4 Å². The Kier molecular flexibility index (Phi) is 3.66. The third-order valence-electron chi connectivity index (χ3n) is 3.29. The molecule has 1 amide bonds. The molecule has 0 radical (unpaired) electrons. The molecule has 5 heteroatoms. The van der Waals surface area contributed by atoms with Crippen LogP contribution in [-0.4, -0.2) is 22.1 Å². The van der Waals surface area contributed by atoms with Crippen LogP contribution in [0.4, 0.5) is 5.69 Å². The zero-order chi connectivity index (χ0) is 12.3. The lowest BCUT2D eigenvalue weighted by Gasteiger charge is -2.10. The van der Waals surface area contributed by atoms with Gasteiger partial charge in [-0.15, -0.1) is 0 Å². The predicted octanol–water partition coefficient (Wildman–Crippen LogP) is 1.62. The number of nitrogens with zero attached hydrogens (tertiary/aromatic N) is 1. The topological polar surface area (TPSA) is 83.8 Å². The Morgan fingerprint density at radius 1 is 1.53 bits per heavy atom. The number of carbonyl (C=O) groups excluding carboxylic acids is 1. The molecule has 0 aliphatic heterocycles. The van der Waals surface area contributed by atoms with Crippen molar-refractivity contribution in [2.24, 2.45) is 0 Å². The summed E-state index contributed by atoms with van der Waals surface area (Å²) in [6, 6.07) is 0.299. The molecule has 1 aliphatic rings. The smallest absolute Gasteiger partial charge is 0.274 e. The lowest BCUT2D eigenvalue weighted by Crippen LogP contribution is -2.33. The minimum absolute atomic E-state index is 0.145. The van der Waals surface area contributed by atoms with E-state index in [4.69, 9.17) is 5.73 Å². The van der Waals surface area contributed by atoms with Crippen molar-refractivity contribution < 1.29 is 4.79 Å². The van der Waals surface area contributed by atoms with Gasteiger partial charge in [-0.25, -0.2) is 0 Å². The van der Waals surface area contributed by atoms with Gasteiger partial charge in [0.2, 0.25) is 0 Å². The number of hydrogen-bond donors (Lipinski definition) is 3. The van der Waals surface area contributed by atoms with Crippen LogP contribution < -0.4 is 11.1 Å². The summed E-state index contributed by atoms with van der Waals surface area (Å²) in [5.74, 6) is -0.145. The van der Waals surface area contributed by atoms with Crippen molar-refractivity contribution in [3.63, 3.8) is 0 Å². The molecule has 1 saturated carbocycles. The fraction of sp³-hybridized carbons (Fsp3) is 0.667. The van der Waals surface area contributed by atoms with Gasteiger partial charge in [-0.2, -0.15) is 5.10 Å². The molecule has 0 atom stereocenters. The SMILES string of the molecule is CCCc1[nH]nc(C(=O)NC2CCCC2)c1N. The Bertz CT molecular complexity index is 393. The summed E-state index contributed by atoms with van der Waals surface area (Å²) in [5, 5.41) is 9.85. The number of H-pyrrole nitrogens is 1. The minimum Gasteiger partial charge on any atom is -0.395 e. The van der Waals surface area contributed by atoms with E-state index >= 15 is 0 Å². The van der Waals surface area contributed by atoms with Crippen molar-refractivity contribution in [3.05, 3.63) is 11.4 Å². The average Bonchev–Trinajstić information content (AvgIpc) is 2.91. The van der Waals surface area contributed by atoms with E-state index in [1.807, 2.05) is 0 Å². The highest BCUT2D eigenvalue weighted by Gasteiger charge is 2.22. The van der Waals surface area contributed by atoms with Gasteiger partial charge in [0.1, 0.15) is 0 Å². The lowest BCUT2D eigenvalue weighted by molar-refractivity contribution is 0.0933. The highest BCUT2D eigenvalue weighted by molar-refractivity contribution is 5.97. The highest BCUT2D eigenvalue weighted by atomic mass is 16.2. The Balaban J connectivity index is 2.03. The van der Waals surface area contributed by atoms with E-state index in [9.17, 15) is 4.79 Å². The van der Waals surface area contributed by atoms with Crippen molar-refractivity contribution in [3.8, 4) is 0 Å². The molecule has 0 unspecified atom stereocenters. The van der Waals surface area contributed by atoms with Crippen molar-refractivity contribution in [2.45, 2.75) is 51.5 Å². The predicted molar refractivity (Wildman–Crippen MR) is 66.7 cm³/mol. The van der Waals surface area contributed by atoms with Gasteiger partial charge in [0.05, 0.1) is 11.4 Å². The largest absolute Gasteiger partial charge is 0.395 e. The molecular weight excluding hydrogens is 216 g/mol. The van der Waals surface area contributed by atoms with Crippen LogP contribution in [0.5, 0.6) is 0 Å². The molecule has 1 fully saturated rings. The maximum atomic E-state index is 12.0. The van der Waals surface area contributed by atoms with E-state index < -0.39 is 0 Å². The van der Waals surface area contributed by atoms with Gasteiger partial charge in [-0.05, 0) is 19.3 Å². The van der Waals surface area contributed by atoms with Crippen molar-refractivity contribution in [1.29, 1.82) is 0 Å². The minimum atomic E-state index is -0.145. The zero-order valence-corrected chi connectivity index (χ0v) is 10.3. The van der Waals surface area contributed by atoms with Gasteiger partial charge in [-0.3, -0.25) is 9.89 Å². The van der Waals surface area contributed by atoms with Gasteiger partial charge in [0.15, 0.2) is 5.69 Å². The van der Waals surface area contributed by atoms with Crippen LogP contribution in [0.2, 0.25) is 0 Å². The summed E-state index contributed by atoms with van der Waals surface area (Å²) in [6.45, 7) is 2.07. The van der Waals surface area contributed by atoms with Crippen molar-refractivity contribution in [1.82, 2.24) is 15.5 Å². The Hall–Kier alpha value is -1.52. The third kappa shape index (κ3) is 2.60. The van der Waals surface area contributed by atoms with E-state index in [0.717, 1.165) is 31.4 Å². The fourth-order valence-corrected chi connectivity index (χ4v) is 2.32. The molecule has 17 heavy (non-hydrogen) atoms. The van der Waals surface area contributed by atoms with Crippen LogP contribution in [0.1, 0.15) is 55.2 Å². The molecule has 1 aromatic heterocycles. The maximum Gasteiger partial charge on any atom is 0.274 e. The second-order valence-corrected chi connectivity index (χ2v) is 4.67. The first-order valence-corrected chi connectivity index (χ1v) is 6.36. The Morgan fingerprint density at radius 2 is 2.24 bits per heavy atom. The number of carbonyl (C=O) groups is 1. The highest BCUT2D eigenvalue weighted by Crippen LogP contribution is 2.20. The van der Waals surface area contributed by atoms with Gasteiger partial charge in [-0.1, -0.05) is 26.2 Å². The van der Waals surface area contributed by atoms with Crippen LogP contribution in [-0.2, 0) is 6.42 Å². The van der Waals surface area contributed by atoms with E-state index in [0.29, 0.717) is 17.4 Å². The first-order chi connectivity index (χ1) is 8.22. The van der Waals surface area contributed by atoms with Crippen LogP contribution in [0, 0.1) is 0 Å². The number of hydrogen-bond acceptors (Lipinski definition) is 3. The normalized spacial score (nSPS) is 16.3. The number of rotatable bonds is 4. The summed E-state index contributed by atoms with van der Waals surface area (Å²) in [5.41, 5.74) is 7.62. The molecule has 1 aliphatic carbocycles. The molecule has 0 saturated heterocycles. The monoisotopic (exact) mass is 236 g/mol. The quantitative estimate of drug-likeness (QED) is 0.742.